The first-order valence-corrected chi connectivity index (χ1v) is 20.3. The largest absolute Gasteiger partial charge is 0.308 e. The number of pyridine rings is 2. The Morgan fingerprint density at radius 2 is 1.24 bits per heavy atom. The Kier molecular flexibility index (Phi) is 6.85. The van der Waals surface area contributed by atoms with Crippen molar-refractivity contribution in [2.24, 2.45) is 0 Å². The Bertz CT molecular complexity index is 1960. The number of hydrogen-bond acceptors (Lipinski definition) is 5. The van der Waals surface area contributed by atoms with E-state index < -0.39 is 12.2 Å². The van der Waals surface area contributed by atoms with Crippen LogP contribution in [0.2, 0.25) is 0 Å². The Morgan fingerprint density at radius 3 is 1.79 bits per heavy atom. The number of benzene rings is 3. The molecule has 210 valence electrons. The third-order valence-electron chi connectivity index (χ3n) is 8.56. The lowest BCUT2D eigenvalue weighted by atomic mass is 10.0. The summed E-state index contributed by atoms with van der Waals surface area (Å²) in [7, 11) is 0. The van der Waals surface area contributed by atoms with Gasteiger partial charge in [0.2, 0.25) is 0 Å². The van der Waals surface area contributed by atoms with E-state index in [0.717, 1.165) is 35.3 Å². The number of aromatic nitrogens is 2. The van der Waals surface area contributed by atoms with Gasteiger partial charge in [0, 0.05) is 76.3 Å². The zero-order valence-corrected chi connectivity index (χ0v) is 27.6. The van der Waals surface area contributed by atoms with E-state index in [-0.39, 0.29) is 0 Å². The third kappa shape index (κ3) is 4.04. The summed E-state index contributed by atoms with van der Waals surface area (Å²) in [5, 5.41) is 5.01. The molecule has 0 saturated heterocycles. The average molecular weight is 623 g/mol. The van der Waals surface area contributed by atoms with Crippen LogP contribution in [0.25, 0.3) is 22.3 Å². The van der Waals surface area contributed by atoms with Crippen LogP contribution in [0.3, 0.4) is 0 Å². The summed E-state index contributed by atoms with van der Waals surface area (Å²) in [4.78, 5) is 11.3. The van der Waals surface area contributed by atoms with Crippen molar-refractivity contribution in [1.82, 2.24) is 14.6 Å². The highest BCUT2D eigenvalue weighted by molar-refractivity contribution is 8.22. The van der Waals surface area contributed by atoms with E-state index in [1.165, 1.54) is 43.8 Å². The topological polar surface area (TPSA) is 32.3 Å². The second-order valence-electron chi connectivity index (χ2n) is 11.0. The van der Waals surface area contributed by atoms with Gasteiger partial charge in [-0.2, -0.15) is 0 Å². The van der Waals surface area contributed by atoms with Gasteiger partial charge in [-0.3, -0.25) is 14.6 Å². The molecule has 3 aromatic carbocycles. The Balaban J connectivity index is 1.57. The van der Waals surface area contributed by atoms with Gasteiger partial charge in [-0.15, -0.1) is 0 Å². The highest BCUT2D eigenvalue weighted by Gasteiger charge is 2.45. The van der Waals surface area contributed by atoms with E-state index in [0.29, 0.717) is 0 Å². The Morgan fingerprint density at radius 1 is 0.690 bits per heavy atom. The lowest BCUT2D eigenvalue weighted by Crippen LogP contribution is -2.46. The van der Waals surface area contributed by atoms with Crippen LogP contribution in [0.15, 0.2) is 97.6 Å². The molecule has 0 saturated carbocycles. The van der Waals surface area contributed by atoms with Crippen LogP contribution in [-0.4, -0.2) is 34.4 Å². The zero-order chi connectivity index (χ0) is 29.2. The quantitative estimate of drug-likeness (QED) is 0.197. The van der Waals surface area contributed by atoms with Gasteiger partial charge in [-0.1, -0.05) is 61.7 Å². The van der Waals surface area contributed by atoms with E-state index in [1.807, 2.05) is 36.9 Å². The molecule has 5 aromatic rings. The predicted molar refractivity (Wildman–Crippen MR) is 188 cm³/mol. The molecular weight excluding hydrogens is 590 g/mol. The first-order chi connectivity index (χ1) is 20.3. The summed E-state index contributed by atoms with van der Waals surface area (Å²) in [5.41, 5.74) is 9.27. The number of aryl methyl sites for hydroxylation is 1. The van der Waals surface area contributed by atoms with E-state index in [9.17, 15) is 0 Å². The summed E-state index contributed by atoms with van der Waals surface area (Å²) in [5.74, 6) is 0. The first-order valence-electron chi connectivity index (χ1n) is 14.3. The normalized spacial score (nSPS) is 20.2. The van der Waals surface area contributed by atoms with Crippen molar-refractivity contribution in [2.45, 2.75) is 20.8 Å². The van der Waals surface area contributed by atoms with Gasteiger partial charge in [0.25, 0.3) is 0 Å². The lowest BCUT2D eigenvalue weighted by molar-refractivity contribution is 0.513. The molecule has 4 nitrogen and oxygen atoms in total. The average Bonchev–Trinajstić information content (AvgIpc) is 3.02. The summed E-state index contributed by atoms with van der Waals surface area (Å²) >= 11 is 13.6. The SMILES string of the molecule is CCN(CC)P1(=S)c2cc(-c3cccnc3)ccc2N2c3ccc(-c4cccnc4)cc3P(C)(=S)c3cc(C)cc1c32. The van der Waals surface area contributed by atoms with Crippen LogP contribution >= 0.6 is 12.2 Å². The fourth-order valence-corrected chi connectivity index (χ4v) is 14.7. The summed E-state index contributed by atoms with van der Waals surface area (Å²) in [6, 6.07) is 24.4. The molecule has 0 N–H and O–H groups in total. The van der Waals surface area contributed by atoms with Crippen molar-refractivity contribution in [1.29, 1.82) is 0 Å². The Labute approximate surface area is 258 Å². The van der Waals surface area contributed by atoms with Crippen LogP contribution in [0, 0.1) is 6.92 Å². The van der Waals surface area contributed by atoms with Gasteiger partial charge < -0.3 is 4.90 Å². The molecule has 0 aliphatic carbocycles. The predicted octanol–water partition coefficient (Wildman–Crippen LogP) is 6.96. The summed E-state index contributed by atoms with van der Waals surface area (Å²) in [6.07, 6.45) is 5.12. The van der Waals surface area contributed by atoms with E-state index in [2.05, 4.69) is 108 Å². The number of fused-ring (bicyclic) bond motifs is 4. The van der Waals surface area contributed by atoms with Gasteiger partial charge in [0.15, 0.2) is 0 Å². The van der Waals surface area contributed by atoms with Crippen LogP contribution in [-0.2, 0) is 23.6 Å². The molecule has 0 fully saturated rings. The van der Waals surface area contributed by atoms with E-state index in [4.69, 9.17) is 23.6 Å². The number of anilines is 3. The van der Waals surface area contributed by atoms with E-state index >= 15 is 0 Å². The molecule has 4 heterocycles. The van der Waals surface area contributed by atoms with Crippen LogP contribution < -0.4 is 26.1 Å². The second kappa shape index (κ2) is 10.3. The molecule has 2 atom stereocenters. The van der Waals surface area contributed by atoms with Crippen molar-refractivity contribution in [3.05, 3.63) is 103 Å². The maximum absolute atomic E-state index is 6.96. The standard InChI is InChI=1S/C34H32N4P2S2/c1-5-37(6-2)40(42)31-20-25(27-10-8-16-36-22-27)12-14-29(31)38-28-13-11-24(26-9-7-15-35-21-26)19-30(28)39(4,41)32-17-23(3)18-33(40)34(32)38/h7-22H,5-6H2,1-4H3. The molecule has 0 spiro atoms. The summed E-state index contributed by atoms with van der Waals surface area (Å²) in [6.45, 7) is 10.7. The van der Waals surface area contributed by atoms with Gasteiger partial charge >= 0.3 is 0 Å². The number of nitrogens with zero attached hydrogens (tertiary/aromatic N) is 4. The third-order valence-corrected chi connectivity index (χ3v) is 17.5. The van der Waals surface area contributed by atoms with Crippen molar-refractivity contribution in [2.75, 3.05) is 24.7 Å². The molecule has 2 aliphatic rings. The van der Waals surface area contributed by atoms with Crippen molar-refractivity contribution in [3.63, 3.8) is 0 Å². The number of rotatable bonds is 5. The van der Waals surface area contributed by atoms with Gasteiger partial charge in [0.05, 0.1) is 23.3 Å². The Hall–Kier alpha value is -2.98. The maximum Gasteiger partial charge on any atom is 0.0751 e. The molecular formula is C34H32N4P2S2. The second-order valence-corrected chi connectivity index (χ2v) is 20.3. The minimum Gasteiger partial charge on any atom is -0.308 e. The lowest BCUT2D eigenvalue weighted by Gasteiger charge is -2.48. The monoisotopic (exact) mass is 622 g/mol. The van der Waals surface area contributed by atoms with Crippen LogP contribution in [0.1, 0.15) is 19.4 Å². The summed E-state index contributed by atoms with van der Waals surface area (Å²) < 4.78 is 2.53. The fourth-order valence-electron chi connectivity index (χ4n) is 6.52. The highest BCUT2D eigenvalue weighted by atomic mass is 32.4. The molecule has 2 unspecified atom stereocenters. The smallest absolute Gasteiger partial charge is 0.0751 e. The van der Waals surface area contributed by atoms with Gasteiger partial charge in [0.1, 0.15) is 0 Å². The molecule has 42 heavy (non-hydrogen) atoms. The van der Waals surface area contributed by atoms with Gasteiger partial charge in [-0.25, -0.2) is 0 Å². The van der Waals surface area contributed by atoms with Crippen molar-refractivity contribution >= 4 is 74.1 Å². The zero-order valence-electron chi connectivity index (χ0n) is 24.2. The van der Waals surface area contributed by atoms with Gasteiger partial charge in [-0.05, 0) is 78.8 Å². The molecule has 0 amide bonds. The molecule has 2 aliphatic heterocycles. The highest BCUT2D eigenvalue weighted by Crippen LogP contribution is 2.62. The van der Waals surface area contributed by atoms with Crippen LogP contribution in [0.5, 0.6) is 0 Å². The molecule has 0 bridgehead atoms. The first kappa shape index (κ1) is 27.8. The number of hydrogen-bond donors (Lipinski definition) is 0. The minimum absolute atomic E-state index is 0.887. The van der Waals surface area contributed by atoms with Crippen LogP contribution in [0.4, 0.5) is 17.1 Å². The molecule has 2 aromatic heterocycles. The fraction of sp³-hybridized carbons (Fsp3) is 0.176. The maximum atomic E-state index is 6.96. The van der Waals surface area contributed by atoms with Crippen molar-refractivity contribution < 1.29 is 0 Å². The van der Waals surface area contributed by atoms with E-state index in [1.54, 1.807) is 0 Å². The van der Waals surface area contributed by atoms with Crippen molar-refractivity contribution in [3.8, 4) is 22.3 Å². The molecule has 8 heteroatoms. The minimum atomic E-state index is -2.38. The molecule has 0 radical (unpaired) electrons. The molecule has 7 rings (SSSR count).